The molecule has 0 amide bonds. The lowest BCUT2D eigenvalue weighted by Gasteiger charge is -2.23. The number of rotatable bonds is 5. The van der Waals surface area contributed by atoms with E-state index in [-0.39, 0.29) is 11.8 Å². The van der Waals surface area contributed by atoms with Crippen LogP contribution in [0.25, 0.3) is 0 Å². The van der Waals surface area contributed by atoms with Gasteiger partial charge in [-0.05, 0) is 26.0 Å². The summed E-state index contributed by atoms with van der Waals surface area (Å²) in [6.45, 7) is 3.92. The second-order valence-corrected chi connectivity index (χ2v) is 5.69. The summed E-state index contributed by atoms with van der Waals surface area (Å²) in [5.74, 6) is -0.0320. The van der Waals surface area contributed by atoms with Gasteiger partial charge in [0.25, 0.3) is 0 Å². The normalized spacial score (nSPS) is 13.4. The first-order valence-electron chi connectivity index (χ1n) is 5.28. The third-order valence-electron chi connectivity index (χ3n) is 2.14. The van der Waals surface area contributed by atoms with Crippen LogP contribution >= 0.6 is 0 Å². The van der Waals surface area contributed by atoms with Crippen molar-refractivity contribution in [3.8, 4) is 0 Å². The van der Waals surface area contributed by atoms with E-state index in [1.807, 2.05) is 25.1 Å². The average Bonchev–Trinajstić information content (AvgIpc) is 2.17. The summed E-state index contributed by atoms with van der Waals surface area (Å²) in [6.07, 6.45) is 0. The fraction of sp³-hybridized carbons (Fsp3) is 0.455. The van der Waals surface area contributed by atoms with Crippen LogP contribution in [-0.2, 0) is 10.0 Å². The molecule has 0 saturated carbocycles. The van der Waals surface area contributed by atoms with Crippen molar-refractivity contribution in [3.05, 3.63) is 30.3 Å². The lowest BCUT2D eigenvalue weighted by Crippen LogP contribution is -2.38. The predicted octanol–water partition coefficient (Wildman–Crippen LogP) is 1.19. The van der Waals surface area contributed by atoms with Gasteiger partial charge in [0.2, 0.25) is 10.0 Å². The molecule has 4 nitrogen and oxygen atoms in total. The zero-order valence-corrected chi connectivity index (χ0v) is 10.4. The quantitative estimate of drug-likeness (QED) is 0.843. The summed E-state index contributed by atoms with van der Waals surface area (Å²) >= 11 is 0. The van der Waals surface area contributed by atoms with Gasteiger partial charge in [-0.2, -0.15) is 0 Å². The largest absolute Gasteiger partial charge is 0.327 e. The molecular formula is C11H18N2O2S. The second-order valence-electron chi connectivity index (χ2n) is 3.76. The fourth-order valence-corrected chi connectivity index (χ4v) is 3.24. The Hall–Kier alpha value is -1.07. The van der Waals surface area contributed by atoms with Crippen molar-refractivity contribution in [3.63, 3.8) is 0 Å². The molecule has 0 heterocycles. The van der Waals surface area contributed by atoms with Crippen LogP contribution in [-0.4, -0.2) is 26.8 Å². The summed E-state index contributed by atoms with van der Waals surface area (Å²) in [5, 5.41) is 0. The Balaban J connectivity index is 3.00. The van der Waals surface area contributed by atoms with Crippen LogP contribution in [0.1, 0.15) is 13.8 Å². The topological polar surface area (TPSA) is 63.4 Å². The molecule has 0 aliphatic heterocycles. The number of hydrogen-bond acceptors (Lipinski definition) is 3. The van der Waals surface area contributed by atoms with Crippen molar-refractivity contribution in [2.45, 2.75) is 19.9 Å². The maximum absolute atomic E-state index is 12.0. The van der Waals surface area contributed by atoms with E-state index in [0.29, 0.717) is 12.2 Å². The fourth-order valence-electron chi connectivity index (χ4n) is 1.56. The number of hydrogen-bond donors (Lipinski definition) is 1. The molecule has 1 atom stereocenters. The first kappa shape index (κ1) is 13.0. The van der Waals surface area contributed by atoms with E-state index in [4.69, 9.17) is 5.73 Å². The maximum atomic E-state index is 12.0. The van der Waals surface area contributed by atoms with Crippen LogP contribution < -0.4 is 10.0 Å². The van der Waals surface area contributed by atoms with E-state index < -0.39 is 10.0 Å². The molecule has 2 N–H and O–H groups in total. The molecule has 1 aromatic carbocycles. The van der Waals surface area contributed by atoms with Gasteiger partial charge in [-0.3, -0.25) is 4.31 Å². The van der Waals surface area contributed by atoms with Gasteiger partial charge in [0.15, 0.2) is 0 Å². The van der Waals surface area contributed by atoms with Crippen molar-refractivity contribution in [2.24, 2.45) is 5.73 Å². The Labute approximate surface area is 97.1 Å². The van der Waals surface area contributed by atoms with Gasteiger partial charge < -0.3 is 5.73 Å². The molecule has 0 spiro atoms. The molecular weight excluding hydrogens is 224 g/mol. The standard InChI is InChI=1S/C11H18N2O2S/c1-3-13(11-7-5-4-6-8-11)16(14,15)9-10(2)12/h4-8,10H,3,9,12H2,1-2H3. The molecule has 1 rings (SSSR count). The van der Waals surface area contributed by atoms with E-state index in [9.17, 15) is 8.42 Å². The molecule has 0 aromatic heterocycles. The molecule has 1 unspecified atom stereocenters. The molecule has 0 bridgehead atoms. The highest BCUT2D eigenvalue weighted by Gasteiger charge is 2.21. The second kappa shape index (κ2) is 5.32. The van der Waals surface area contributed by atoms with E-state index in [0.717, 1.165) is 0 Å². The monoisotopic (exact) mass is 242 g/mol. The van der Waals surface area contributed by atoms with Gasteiger partial charge in [-0.25, -0.2) is 8.42 Å². The minimum absolute atomic E-state index is 0.0320. The lowest BCUT2D eigenvalue weighted by atomic mass is 10.3. The number of nitrogens with two attached hydrogens (primary N) is 1. The van der Waals surface area contributed by atoms with Crippen molar-refractivity contribution < 1.29 is 8.42 Å². The van der Waals surface area contributed by atoms with Gasteiger partial charge in [0.05, 0.1) is 11.4 Å². The number of para-hydroxylation sites is 1. The first-order valence-corrected chi connectivity index (χ1v) is 6.89. The Morgan fingerprint density at radius 3 is 2.31 bits per heavy atom. The van der Waals surface area contributed by atoms with Gasteiger partial charge in [0, 0.05) is 12.6 Å². The van der Waals surface area contributed by atoms with Crippen molar-refractivity contribution in [2.75, 3.05) is 16.6 Å². The van der Waals surface area contributed by atoms with Crippen molar-refractivity contribution in [1.29, 1.82) is 0 Å². The zero-order valence-electron chi connectivity index (χ0n) is 9.63. The van der Waals surface area contributed by atoms with Crippen LogP contribution in [0.4, 0.5) is 5.69 Å². The van der Waals surface area contributed by atoms with E-state index in [2.05, 4.69) is 0 Å². The minimum atomic E-state index is -3.32. The van der Waals surface area contributed by atoms with E-state index in [1.165, 1.54) is 4.31 Å². The number of anilines is 1. The average molecular weight is 242 g/mol. The van der Waals surface area contributed by atoms with Gasteiger partial charge in [-0.1, -0.05) is 18.2 Å². The maximum Gasteiger partial charge on any atom is 0.236 e. The molecule has 0 radical (unpaired) electrons. The molecule has 1 aromatic rings. The Morgan fingerprint density at radius 2 is 1.88 bits per heavy atom. The van der Waals surface area contributed by atoms with Gasteiger partial charge in [0.1, 0.15) is 0 Å². The smallest absolute Gasteiger partial charge is 0.236 e. The summed E-state index contributed by atoms with van der Waals surface area (Å²) in [5.41, 5.74) is 6.23. The van der Waals surface area contributed by atoms with Crippen LogP contribution in [0.5, 0.6) is 0 Å². The van der Waals surface area contributed by atoms with Crippen LogP contribution in [0.15, 0.2) is 30.3 Å². The summed E-state index contributed by atoms with van der Waals surface area (Å²) in [6, 6.07) is 8.70. The molecule has 90 valence electrons. The molecule has 0 saturated heterocycles. The van der Waals surface area contributed by atoms with Crippen LogP contribution in [0.2, 0.25) is 0 Å². The third kappa shape index (κ3) is 3.21. The highest BCUT2D eigenvalue weighted by Crippen LogP contribution is 2.17. The van der Waals surface area contributed by atoms with Crippen LogP contribution in [0.3, 0.4) is 0 Å². The zero-order chi connectivity index (χ0) is 12.2. The third-order valence-corrected chi connectivity index (χ3v) is 4.23. The van der Waals surface area contributed by atoms with Crippen LogP contribution in [0, 0.1) is 0 Å². The highest BCUT2D eigenvalue weighted by molar-refractivity contribution is 7.92. The Kier molecular flexibility index (Phi) is 4.32. The summed E-state index contributed by atoms with van der Waals surface area (Å²) in [4.78, 5) is 0. The SMILES string of the molecule is CCN(c1ccccc1)S(=O)(=O)CC(C)N. The van der Waals surface area contributed by atoms with E-state index >= 15 is 0 Å². The highest BCUT2D eigenvalue weighted by atomic mass is 32.2. The van der Waals surface area contributed by atoms with Crippen molar-refractivity contribution in [1.82, 2.24) is 0 Å². The number of sulfonamides is 1. The molecule has 0 aliphatic rings. The molecule has 5 heteroatoms. The number of nitrogens with zero attached hydrogens (tertiary/aromatic N) is 1. The Bertz CT molecular complexity index is 415. The number of benzene rings is 1. The lowest BCUT2D eigenvalue weighted by molar-refractivity contribution is 0.586. The van der Waals surface area contributed by atoms with Crippen molar-refractivity contribution >= 4 is 15.7 Å². The van der Waals surface area contributed by atoms with E-state index in [1.54, 1.807) is 19.1 Å². The van der Waals surface area contributed by atoms with Gasteiger partial charge >= 0.3 is 0 Å². The molecule has 16 heavy (non-hydrogen) atoms. The first-order chi connectivity index (χ1) is 7.47. The van der Waals surface area contributed by atoms with Gasteiger partial charge in [-0.15, -0.1) is 0 Å². The molecule has 0 fully saturated rings. The minimum Gasteiger partial charge on any atom is -0.327 e. The summed E-state index contributed by atoms with van der Waals surface area (Å²) in [7, 11) is -3.32. The molecule has 0 aliphatic carbocycles. The predicted molar refractivity (Wildman–Crippen MR) is 66.9 cm³/mol. The summed E-state index contributed by atoms with van der Waals surface area (Å²) < 4.78 is 25.4. The Morgan fingerprint density at radius 1 is 1.31 bits per heavy atom.